The lowest BCUT2D eigenvalue weighted by molar-refractivity contribution is 0.315. The number of rotatable bonds is 4. The molecule has 1 aromatic carbocycles. The quantitative estimate of drug-likeness (QED) is 0.256. The van der Waals surface area contributed by atoms with Gasteiger partial charge in [0.1, 0.15) is 5.84 Å². The summed E-state index contributed by atoms with van der Waals surface area (Å²) in [5.74, 6) is 0.188. The molecule has 0 aromatic heterocycles. The smallest absolute Gasteiger partial charge is 0.143 e. The molecule has 0 radical (unpaired) electrons. The van der Waals surface area contributed by atoms with Crippen LogP contribution >= 0.6 is 34.2 Å². The minimum Gasteiger partial charge on any atom is -0.409 e. The van der Waals surface area contributed by atoms with Crippen LogP contribution in [0, 0.1) is 9.49 Å². The first-order chi connectivity index (χ1) is 7.54. The van der Waals surface area contributed by atoms with E-state index in [1.807, 2.05) is 25.1 Å². The van der Waals surface area contributed by atoms with Gasteiger partial charge in [-0.05, 0) is 40.8 Å². The van der Waals surface area contributed by atoms with Gasteiger partial charge in [0.05, 0.1) is 0 Å². The van der Waals surface area contributed by atoms with E-state index in [1.165, 1.54) is 0 Å². The van der Waals surface area contributed by atoms with Gasteiger partial charge in [-0.25, -0.2) is 0 Å². The van der Waals surface area contributed by atoms with Crippen LogP contribution in [0.15, 0.2) is 23.4 Å². The molecule has 88 valence electrons. The summed E-state index contributed by atoms with van der Waals surface area (Å²) in [6, 6.07) is 5.60. The molecule has 1 aromatic rings. The first kappa shape index (κ1) is 13.4. The Hall–Kier alpha value is -0.690. The van der Waals surface area contributed by atoms with E-state index in [4.69, 9.17) is 22.5 Å². The zero-order chi connectivity index (χ0) is 12.1. The van der Waals surface area contributed by atoms with Gasteiger partial charge in [-0.1, -0.05) is 23.7 Å². The van der Waals surface area contributed by atoms with Gasteiger partial charge >= 0.3 is 0 Å². The van der Waals surface area contributed by atoms with E-state index in [9.17, 15) is 0 Å². The Bertz CT molecular complexity index is 398. The molecule has 0 fully saturated rings. The van der Waals surface area contributed by atoms with Crippen molar-refractivity contribution in [1.82, 2.24) is 0 Å². The van der Waals surface area contributed by atoms with Crippen LogP contribution in [0.1, 0.15) is 6.92 Å². The maximum atomic E-state index is 8.51. The van der Waals surface area contributed by atoms with Crippen LogP contribution in [0.25, 0.3) is 0 Å². The third kappa shape index (κ3) is 3.71. The standard InChI is InChI=1S/C10H13ClIN3O/c1-6(10(13)15-16)5-14-9-3-2-7(11)4-8(9)12/h2-4,6,14,16H,5H2,1H3,(H2,13,15). The minimum absolute atomic E-state index is 0.0310. The molecule has 1 rings (SSSR count). The maximum Gasteiger partial charge on any atom is 0.143 e. The Morgan fingerprint density at radius 1 is 1.69 bits per heavy atom. The molecule has 0 aliphatic carbocycles. The Kier molecular flexibility index (Phi) is 5.14. The molecule has 16 heavy (non-hydrogen) atoms. The lowest BCUT2D eigenvalue weighted by Gasteiger charge is -2.13. The van der Waals surface area contributed by atoms with Crippen molar-refractivity contribution in [3.05, 3.63) is 26.8 Å². The van der Waals surface area contributed by atoms with Crippen molar-refractivity contribution in [2.24, 2.45) is 16.8 Å². The summed E-state index contributed by atoms with van der Waals surface area (Å²) < 4.78 is 1.04. The Morgan fingerprint density at radius 2 is 2.38 bits per heavy atom. The summed E-state index contributed by atoms with van der Waals surface area (Å²) in [6.45, 7) is 2.48. The topological polar surface area (TPSA) is 70.6 Å². The zero-order valence-corrected chi connectivity index (χ0v) is 11.7. The molecular formula is C10H13ClIN3O. The molecule has 6 heteroatoms. The molecule has 1 atom stereocenters. The molecule has 4 N–H and O–H groups in total. The summed E-state index contributed by atoms with van der Waals surface area (Å²) in [6.07, 6.45) is 0. The van der Waals surface area contributed by atoms with Crippen molar-refractivity contribution in [2.45, 2.75) is 6.92 Å². The fraction of sp³-hybridized carbons (Fsp3) is 0.300. The van der Waals surface area contributed by atoms with Gasteiger partial charge in [0, 0.05) is 26.7 Å². The summed E-state index contributed by atoms with van der Waals surface area (Å²) in [7, 11) is 0. The third-order valence-electron chi connectivity index (χ3n) is 2.15. The number of nitrogens with one attached hydrogen (secondary N) is 1. The molecule has 0 saturated heterocycles. The van der Waals surface area contributed by atoms with Gasteiger partial charge in [0.15, 0.2) is 0 Å². The highest BCUT2D eigenvalue weighted by molar-refractivity contribution is 14.1. The van der Waals surface area contributed by atoms with Crippen LogP contribution in [0.4, 0.5) is 5.69 Å². The molecule has 0 bridgehead atoms. The largest absolute Gasteiger partial charge is 0.409 e. The lowest BCUT2D eigenvalue weighted by Crippen LogP contribution is -2.27. The van der Waals surface area contributed by atoms with E-state index < -0.39 is 0 Å². The Morgan fingerprint density at radius 3 is 2.94 bits per heavy atom. The highest BCUT2D eigenvalue weighted by Gasteiger charge is 2.08. The van der Waals surface area contributed by atoms with Gasteiger partial charge in [0.2, 0.25) is 0 Å². The maximum absolute atomic E-state index is 8.51. The lowest BCUT2D eigenvalue weighted by atomic mass is 10.1. The van der Waals surface area contributed by atoms with Gasteiger partial charge in [0.25, 0.3) is 0 Å². The number of nitrogens with two attached hydrogens (primary N) is 1. The van der Waals surface area contributed by atoms with Crippen LogP contribution in [-0.2, 0) is 0 Å². The molecule has 0 spiro atoms. The molecule has 0 saturated carbocycles. The Labute approximate surface area is 113 Å². The van der Waals surface area contributed by atoms with Gasteiger partial charge in [-0.3, -0.25) is 0 Å². The van der Waals surface area contributed by atoms with Gasteiger partial charge in [-0.15, -0.1) is 0 Å². The summed E-state index contributed by atoms with van der Waals surface area (Å²) in [5.41, 5.74) is 6.47. The van der Waals surface area contributed by atoms with E-state index in [2.05, 4.69) is 33.1 Å². The number of hydrogen-bond acceptors (Lipinski definition) is 3. The number of oxime groups is 1. The highest BCUT2D eigenvalue weighted by atomic mass is 127. The van der Waals surface area contributed by atoms with E-state index >= 15 is 0 Å². The van der Waals surface area contributed by atoms with Crippen LogP contribution in [0.5, 0.6) is 0 Å². The number of amidine groups is 1. The van der Waals surface area contributed by atoms with Crippen molar-refractivity contribution in [1.29, 1.82) is 0 Å². The van der Waals surface area contributed by atoms with Gasteiger partial charge in [-0.2, -0.15) is 0 Å². The van der Waals surface area contributed by atoms with Crippen LogP contribution in [0.3, 0.4) is 0 Å². The SMILES string of the molecule is CC(CNc1ccc(Cl)cc1I)/C(N)=N/O. The monoisotopic (exact) mass is 353 g/mol. The van der Waals surface area contributed by atoms with Crippen LogP contribution in [0.2, 0.25) is 5.02 Å². The number of benzene rings is 1. The highest BCUT2D eigenvalue weighted by Crippen LogP contribution is 2.22. The second-order valence-corrected chi connectivity index (χ2v) is 5.03. The van der Waals surface area contributed by atoms with Crippen molar-refractivity contribution in [3.8, 4) is 0 Å². The molecule has 0 aliphatic rings. The van der Waals surface area contributed by atoms with Crippen LogP contribution < -0.4 is 11.1 Å². The predicted molar refractivity (Wildman–Crippen MR) is 75.2 cm³/mol. The molecule has 0 amide bonds. The summed E-state index contributed by atoms with van der Waals surface area (Å²) >= 11 is 8.05. The normalized spacial score (nSPS) is 13.6. The van der Waals surface area contributed by atoms with E-state index in [0.29, 0.717) is 11.6 Å². The number of anilines is 1. The average molecular weight is 354 g/mol. The average Bonchev–Trinajstić information content (AvgIpc) is 2.26. The molecular weight excluding hydrogens is 340 g/mol. The van der Waals surface area contributed by atoms with E-state index in [0.717, 1.165) is 9.26 Å². The fourth-order valence-electron chi connectivity index (χ4n) is 1.10. The molecule has 0 aliphatic heterocycles. The zero-order valence-electron chi connectivity index (χ0n) is 8.74. The van der Waals surface area contributed by atoms with E-state index in [1.54, 1.807) is 0 Å². The molecule has 0 heterocycles. The van der Waals surface area contributed by atoms with Crippen molar-refractivity contribution < 1.29 is 5.21 Å². The number of nitrogens with zero attached hydrogens (tertiary/aromatic N) is 1. The fourth-order valence-corrected chi connectivity index (χ4v) is 2.16. The van der Waals surface area contributed by atoms with Crippen molar-refractivity contribution >= 4 is 45.7 Å². The minimum atomic E-state index is -0.0310. The molecule has 4 nitrogen and oxygen atoms in total. The summed E-state index contributed by atoms with van der Waals surface area (Å²) in [5, 5.41) is 15.4. The second kappa shape index (κ2) is 6.15. The van der Waals surface area contributed by atoms with Gasteiger partial charge < -0.3 is 16.3 Å². The molecule has 1 unspecified atom stereocenters. The van der Waals surface area contributed by atoms with E-state index in [-0.39, 0.29) is 11.8 Å². The number of halogens is 2. The van der Waals surface area contributed by atoms with Crippen molar-refractivity contribution in [3.63, 3.8) is 0 Å². The number of hydrogen-bond donors (Lipinski definition) is 3. The third-order valence-corrected chi connectivity index (χ3v) is 3.28. The predicted octanol–water partition coefficient (Wildman–Crippen LogP) is 2.74. The Balaban J connectivity index is 2.61. The first-order valence-electron chi connectivity index (χ1n) is 4.71. The first-order valence-corrected chi connectivity index (χ1v) is 6.16. The van der Waals surface area contributed by atoms with Crippen molar-refractivity contribution in [2.75, 3.05) is 11.9 Å². The summed E-state index contributed by atoms with van der Waals surface area (Å²) in [4.78, 5) is 0. The second-order valence-electron chi connectivity index (χ2n) is 3.43. The van der Waals surface area contributed by atoms with Crippen LogP contribution in [-0.4, -0.2) is 17.6 Å².